The zero-order valence-electron chi connectivity index (χ0n) is 14.3. The molecule has 2 aromatic heterocycles. The molecule has 2 aromatic carbocycles. The van der Waals surface area contributed by atoms with Gasteiger partial charge in [-0.25, -0.2) is 0 Å². The summed E-state index contributed by atoms with van der Waals surface area (Å²) in [6, 6.07) is 8.34. The molecule has 0 atom stereocenters. The third kappa shape index (κ3) is 3.25. The van der Waals surface area contributed by atoms with Crippen molar-refractivity contribution in [2.24, 2.45) is 0 Å². The van der Waals surface area contributed by atoms with E-state index in [4.69, 9.17) is 23.2 Å². The number of nitrogens with zero attached hydrogens (tertiary/aromatic N) is 2. The van der Waals surface area contributed by atoms with Gasteiger partial charge in [0.15, 0.2) is 0 Å². The summed E-state index contributed by atoms with van der Waals surface area (Å²) in [4.78, 5) is 28.9. The first-order valence-corrected chi connectivity index (χ1v) is 8.78. The average Bonchev–Trinajstić information content (AvgIpc) is 2.57. The van der Waals surface area contributed by atoms with Gasteiger partial charge >= 0.3 is 29.6 Å². The topological polar surface area (TPSA) is 88.0 Å². The molecule has 0 aliphatic rings. The summed E-state index contributed by atoms with van der Waals surface area (Å²) in [5.41, 5.74) is 1.28. The summed E-state index contributed by atoms with van der Waals surface area (Å²) in [5.74, 6) is -0.473. The van der Waals surface area contributed by atoms with Gasteiger partial charge in [0.2, 0.25) is 5.43 Å². The summed E-state index contributed by atoms with van der Waals surface area (Å²) >= 11 is 12.2. The van der Waals surface area contributed by atoms with Crippen LogP contribution in [0.4, 0.5) is 0 Å². The number of pyridine rings is 1. The van der Waals surface area contributed by atoms with Crippen molar-refractivity contribution in [3.8, 4) is 11.6 Å². The molecule has 2 heterocycles. The van der Waals surface area contributed by atoms with Gasteiger partial charge in [0.25, 0.3) is 11.4 Å². The first kappa shape index (κ1) is 20.9. The standard InChI is InChI=1S/C19H13Cl2N3O3.Na.H/c1-8-3-4-13(9(2)5-8)24-19(27)15-16(18(26)23-24)22-12-7-10(20)6-11(21)14(12)17(15)25;;/h3-7H,1-2H3,(H,22,25)(H,23,26);;. The predicted octanol–water partition coefficient (Wildman–Crippen LogP) is 3.21. The Bertz CT molecular complexity index is 1380. The molecule has 2 N–H and O–H groups in total. The monoisotopic (exact) mass is 425 g/mol. The van der Waals surface area contributed by atoms with E-state index in [9.17, 15) is 14.7 Å². The Kier molecular flexibility index (Phi) is 5.62. The van der Waals surface area contributed by atoms with Crippen molar-refractivity contribution in [3.05, 3.63) is 72.1 Å². The third-order valence-electron chi connectivity index (χ3n) is 4.42. The van der Waals surface area contributed by atoms with Crippen LogP contribution in [-0.4, -0.2) is 49.4 Å². The fraction of sp³-hybridized carbons (Fsp3) is 0.105. The number of nitrogens with one attached hydrogen (secondary N) is 1. The van der Waals surface area contributed by atoms with Crippen molar-refractivity contribution in [3.63, 3.8) is 0 Å². The Labute approximate surface area is 191 Å². The summed E-state index contributed by atoms with van der Waals surface area (Å²) in [6.45, 7) is 3.75. The number of halogens is 2. The van der Waals surface area contributed by atoms with Crippen LogP contribution in [0, 0.1) is 13.8 Å². The molecule has 6 nitrogen and oxygen atoms in total. The van der Waals surface area contributed by atoms with Crippen LogP contribution in [0.5, 0.6) is 5.88 Å². The van der Waals surface area contributed by atoms with Crippen LogP contribution in [0.1, 0.15) is 11.1 Å². The molecule has 0 unspecified atom stereocenters. The molecular formula is C19H14Cl2N3NaO3. The number of H-pyrrole nitrogens is 1. The van der Waals surface area contributed by atoms with Gasteiger partial charge < -0.3 is 10.1 Å². The summed E-state index contributed by atoms with van der Waals surface area (Å²) in [5, 5.41) is 14.7. The van der Waals surface area contributed by atoms with Gasteiger partial charge in [0, 0.05) is 5.02 Å². The molecule has 28 heavy (non-hydrogen) atoms. The van der Waals surface area contributed by atoms with E-state index in [1.165, 1.54) is 12.1 Å². The van der Waals surface area contributed by atoms with Crippen molar-refractivity contribution >= 4 is 74.6 Å². The number of hydrogen-bond donors (Lipinski definition) is 2. The maximum absolute atomic E-state index is 13.1. The second-order valence-electron chi connectivity index (χ2n) is 6.34. The fourth-order valence-electron chi connectivity index (χ4n) is 3.21. The van der Waals surface area contributed by atoms with E-state index >= 15 is 0 Å². The van der Waals surface area contributed by atoms with Crippen molar-refractivity contribution in [2.75, 3.05) is 0 Å². The van der Waals surface area contributed by atoms with E-state index in [1.807, 2.05) is 26.0 Å². The van der Waals surface area contributed by atoms with E-state index < -0.39 is 16.9 Å². The van der Waals surface area contributed by atoms with Gasteiger partial charge in [-0.1, -0.05) is 40.9 Å². The molecule has 0 saturated carbocycles. The normalized spacial score (nSPS) is 11.0. The molecule has 0 aliphatic heterocycles. The van der Waals surface area contributed by atoms with Gasteiger partial charge in [-0.15, -0.1) is 5.10 Å². The van der Waals surface area contributed by atoms with Crippen LogP contribution in [0.25, 0.3) is 27.5 Å². The van der Waals surface area contributed by atoms with E-state index in [0.717, 1.165) is 15.8 Å². The molecular weight excluding hydrogens is 412 g/mol. The molecule has 0 radical (unpaired) electrons. The van der Waals surface area contributed by atoms with Crippen molar-refractivity contribution in [1.82, 2.24) is 14.8 Å². The molecule has 0 aliphatic carbocycles. The molecule has 0 bridgehead atoms. The second kappa shape index (κ2) is 7.54. The second-order valence-corrected chi connectivity index (χ2v) is 7.19. The number of aromatic hydroxyl groups is 1. The van der Waals surface area contributed by atoms with Gasteiger partial charge in [-0.05, 0) is 37.6 Å². The predicted molar refractivity (Wildman–Crippen MR) is 114 cm³/mol. The summed E-state index contributed by atoms with van der Waals surface area (Å²) in [7, 11) is 0. The summed E-state index contributed by atoms with van der Waals surface area (Å²) < 4.78 is 1.03. The quantitative estimate of drug-likeness (QED) is 0.362. The van der Waals surface area contributed by atoms with Gasteiger partial charge in [-0.2, -0.15) is 4.68 Å². The number of fused-ring (bicyclic) bond motifs is 2. The van der Waals surface area contributed by atoms with Gasteiger partial charge in [0.1, 0.15) is 10.9 Å². The number of aromatic amines is 1. The molecule has 0 amide bonds. The van der Waals surface area contributed by atoms with Crippen LogP contribution in [0.2, 0.25) is 10.0 Å². The number of hydrogen-bond acceptors (Lipinski definition) is 4. The Hall–Kier alpha value is -1.83. The minimum absolute atomic E-state index is 0. The van der Waals surface area contributed by atoms with E-state index in [-0.39, 0.29) is 50.9 Å². The minimum atomic E-state index is -0.649. The SMILES string of the molecule is Cc1ccc(-n2nc(O)c3[nH]c4cc(Cl)cc(Cl)c4c(=O)c3c2=O)c(C)c1.[NaH]. The van der Waals surface area contributed by atoms with E-state index in [0.29, 0.717) is 16.2 Å². The number of aryl methyl sites for hydroxylation is 2. The Morgan fingerprint density at radius 1 is 1.07 bits per heavy atom. The van der Waals surface area contributed by atoms with Crippen LogP contribution >= 0.6 is 23.2 Å². The third-order valence-corrected chi connectivity index (χ3v) is 4.94. The number of rotatable bonds is 1. The van der Waals surface area contributed by atoms with Crippen molar-refractivity contribution in [1.29, 1.82) is 0 Å². The first-order chi connectivity index (χ1) is 12.8. The van der Waals surface area contributed by atoms with Crippen LogP contribution < -0.4 is 11.0 Å². The zero-order valence-corrected chi connectivity index (χ0v) is 15.8. The van der Waals surface area contributed by atoms with E-state index in [2.05, 4.69) is 10.1 Å². The molecule has 0 saturated heterocycles. The average molecular weight is 426 g/mol. The Morgan fingerprint density at radius 2 is 1.79 bits per heavy atom. The molecule has 0 spiro atoms. The Morgan fingerprint density at radius 3 is 2.46 bits per heavy atom. The molecule has 138 valence electrons. The van der Waals surface area contributed by atoms with Crippen LogP contribution in [0.3, 0.4) is 0 Å². The number of aromatic nitrogens is 3. The molecule has 0 fully saturated rings. The first-order valence-electron chi connectivity index (χ1n) is 8.02. The zero-order chi connectivity index (χ0) is 19.5. The van der Waals surface area contributed by atoms with E-state index in [1.54, 1.807) is 6.07 Å². The fourth-order valence-corrected chi connectivity index (χ4v) is 3.79. The number of benzene rings is 2. The molecule has 4 rings (SSSR count). The van der Waals surface area contributed by atoms with Gasteiger partial charge in [0.05, 0.1) is 21.6 Å². The van der Waals surface area contributed by atoms with Crippen molar-refractivity contribution < 1.29 is 5.11 Å². The molecule has 4 aromatic rings. The van der Waals surface area contributed by atoms with Gasteiger partial charge in [-0.3, -0.25) is 9.59 Å². The van der Waals surface area contributed by atoms with Crippen LogP contribution in [0.15, 0.2) is 39.9 Å². The molecule has 9 heteroatoms. The summed E-state index contributed by atoms with van der Waals surface area (Å²) in [6.07, 6.45) is 0. The van der Waals surface area contributed by atoms with Crippen LogP contribution in [-0.2, 0) is 0 Å². The van der Waals surface area contributed by atoms with Crippen molar-refractivity contribution in [2.45, 2.75) is 13.8 Å². The maximum atomic E-state index is 13.1. The Balaban J connectivity index is 0.00000225.